The van der Waals surface area contributed by atoms with Crippen LogP contribution in [0.25, 0.3) is 0 Å². The summed E-state index contributed by atoms with van der Waals surface area (Å²) in [5.41, 5.74) is 0. The van der Waals surface area contributed by atoms with Crippen LogP contribution in [0, 0.1) is 0 Å². The zero-order chi connectivity index (χ0) is 49.3. The highest BCUT2D eigenvalue weighted by Crippen LogP contribution is 2.15. The van der Waals surface area contributed by atoms with E-state index >= 15 is 0 Å². The Labute approximate surface area is 420 Å². The normalized spacial score (nSPS) is 12.7. The lowest BCUT2D eigenvalue weighted by atomic mass is 10.1. The second kappa shape index (κ2) is 56.2. The smallest absolute Gasteiger partial charge is 0.306 e. The number of rotatable bonds is 51. The van der Waals surface area contributed by atoms with Crippen molar-refractivity contribution in [2.45, 2.75) is 277 Å². The first-order chi connectivity index (χ1) is 33.5. The molecule has 0 spiro atoms. The predicted octanol–water partition coefficient (Wildman–Crippen LogP) is 19.2. The highest BCUT2D eigenvalue weighted by atomic mass is 16.6. The Balaban J connectivity index is 4.41. The first-order valence-corrected chi connectivity index (χ1v) is 28.6. The van der Waals surface area contributed by atoms with Gasteiger partial charge in [-0.3, -0.25) is 14.4 Å². The van der Waals surface area contributed by atoms with E-state index in [1.807, 2.05) is 6.08 Å². The molecule has 0 aliphatic rings. The molecule has 0 heterocycles. The highest BCUT2D eigenvalue weighted by Gasteiger charge is 2.19. The summed E-state index contributed by atoms with van der Waals surface area (Å²) in [6, 6.07) is 0. The van der Waals surface area contributed by atoms with E-state index in [0.29, 0.717) is 19.3 Å². The van der Waals surface area contributed by atoms with Crippen LogP contribution in [0.1, 0.15) is 271 Å². The van der Waals surface area contributed by atoms with Gasteiger partial charge in [0, 0.05) is 19.3 Å². The Hall–Kier alpha value is -3.41. The van der Waals surface area contributed by atoms with Crippen molar-refractivity contribution in [3.8, 4) is 0 Å². The van der Waals surface area contributed by atoms with Gasteiger partial charge in [0.05, 0.1) is 0 Å². The first kappa shape index (κ1) is 64.6. The van der Waals surface area contributed by atoms with Gasteiger partial charge in [0.15, 0.2) is 6.10 Å². The van der Waals surface area contributed by atoms with E-state index < -0.39 is 6.10 Å². The van der Waals surface area contributed by atoms with E-state index in [4.69, 9.17) is 14.2 Å². The molecule has 0 saturated heterocycles. The SMILES string of the molecule is CC/C=C\C/C=C\C/C=C\C/C=C\CCC(=O)OCC(COC(=O)CCCCCCCCCCC/C=C\CCCCCCCCCC)OC(=O)CCCCCCC/C=C\C/C=C\CCCCCC. The minimum absolute atomic E-state index is 0.105. The third-order valence-electron chi connectivity index (χ3n) is 12.1. The third-order valence-corrected chi connectivity index (χ3v) is 12.1. The number of unbranched alkanes of at least 4 members (excludes halogenated alkanes) is 26. The summed E-state index contributed by atoms with van der Waals surface area (Å²) in [5.74, 6) is -1.00. The Morgan fingerprint density at radius 3 is 1.01 bits per heavy atom. The zero-order valence-corrected chi connectivity index (χ0v) is 44.6. The van der Waals surface area contributed by atoms with Crippen molar-refractivity contribution in [3.63, 3.8) is 0 Å². The summed E-state index contributed by atoms with van der Waals surface area (Å²) in [6.07, 6.45) is 73.1. The maximum Gasteiger partial charge on any atom is 0.306 e. The molecule has 0 N–H and O–H groups in total. The molecule has 1 unspecified atom stereocenters. The molecule has 0 radical (unpaired) electrons. The summed E-state index contributed by atoms with van der Waals surface area (Å²) >= 11 is 0. The third kappa shape index (κ3) is 53.5. The average molecular weight is 948 g/mol. The lowest BCUT2D eigenvalue weighted by Gasteiger charge is -2.18. The van der Waals surface area contributed by atoms with Gasteiger partial charge in [-0.05, 0) is 103 Å². The molecule has 0 aliphatic heterocycles. The summed E-state index contributed by atoms with van der Waals surface area (Å²) in [5, 5.41) is 0. The Kier molecular flexibility index (Phi) is 53.4. The summed E-state index contributed by atoms with van der Waals surface area (Å²) in [4.78, 5) is 38.1. The van der Waals surface area contributed by atoms with Gasteiger partial charge < -0.3 is 14.2 Å². The van der Waals surface area contributed by atoms with Crippen molar-refractivity contribution in [3.05, 3.63) is 85.1 Å². The molecule has 1 atom stereocenters. The van der Waals surface area contributed by atoms with Crippen molar-refractivity contribution in [2.75, 3.05) is 13.2 Å². The van der Waals surface area contributed by atoms with E-state index in [9.17, 15) is 14.4 Å². The molecule has 0 aliphatic carbocycles. The molecule has 6 heteroatoms. The van der Waals surface area contributed by atoms with Gasteiger partial charge in [-0.25, -0.2) is 0 Å². The fourth-order valence-corrected chi connectivity index (χ4v) is 7.83. The minimum atomic E-state index is -0.814. The number of carbonyl (C=O) groups is 3. The molecule has 0 aromatic rings. The standard InChI is InChI=1S/C62H106O6/c1-4-7-10-13-16-19-22-25-27-29-30-31-32-33-35-37-40-43-46-49-52-55-61(64)67-58-59(57-66-60(63)54-51-48-45-42-39-36-24-21-18-15-12-9-6-3)68-62(65)56-53-50-47-44-41-38-34-28-26-23-20-17-14-11-8-5-2/h9,12,18,20-21,23,28-30,34,36,39,45,48,59H,4-8,10-11,13-17,19,22,24-27,31-33,35,37-38,40-44,46-47,49-58H2,1-3H3/b12-9-,21-18-,23-20-,30-29-,34-28-,39-36-,48-45-. The Morgan fingerprint density at radius 1 is 0.309 bits per heavy atom. The average Bonchev–Trinajstić information content (AvgIpc) is 3.34. The molecule has 0 aromatic carbocycles. The molecule has 0 fully saturated rings. The quantitative estimate of drug-likeness (QED) is 0.0262. The Bertz CT molecular complexity index is 1320. The topological polar surface area (TPSA) is 78.9 Å². The minimum Gasteiger partial charge on any atom is -0.462 e. The van der Waals surface area contributed by atoms with Gasteiger partial charge in [-0.2, -0.15) is 0 Å². The van der Waals surface area contributed by atoms with Crippen LogP contribution in [0.2, 0.25) is 0 Å². The number of allylic oxidation sites excluding steroid dienone is 14. The van der Waals surface area contributed by atoms with E-state index in [-0.39, 0.29) is 37.5 Å². The van der Waals surface area contributed by atoms with E-state index in [0.717, 1.165) is 89.9 Å². The molecule has 0 rings (SSSR count). The molecule has 0 amide bonds. The molecule has 0 saturated carbocycles. The van der Waals surface area contributed by atoms with Crippen LogP contribution < -0.4 is 0 Å². The van der Waals surface area contributed by atoms with Gasteiger partial charge >= 0.3 is 17.9 Å². The lowest BCUT2D eigenvalue weighted by molar-refractivity contribution is -0.166. The fraction of sp³-hybridized carbons (Fsp3) is 0.726. The fourth-order valence-electron chi connectivity index (χ4n) is 7.83. The van der Waals surface area contributed by atoms with E-state index in [2.05, 4.69) is 99.8 Å². The number of ether oxygens (including phenoxy) is 3. The van der Waals surface area contributed by atoms with Gasteiger partial charge in [0.1, 0.15) is 13.2 Å². The van der Waals surface area contributed by atoms with Gasteiger partial charge in [-0.1, -0.05) is 234 Å². The predicted molar refractivity (Wildman–Crippen MR) is 293 cm³/mol. The van der Waals surface area contributed by atoms with Crippen LogP contribution >= 0.6 is 0 Å². The number of hydrogen-bond donors (Lipinski definition) is 0. The zero-order valence-electron chi connectivity index (χ0n) is 44.6. The van der Waals surface area contributed by atoms with Crippen LogP contribution in [-0.4, -0.2) is 37.2 Å². The van der Waals surface area contributed by atoms with Crippen molar-refractivity contribution >= 4 is 17.9 Å². The maximum atomic E-state index is 12.8. The molecule has 0 aromatic heterocycles. The van der Waals surface area contributed by atoms with Gasteiger partial charge in [0.25, 0.3) is 0 Å². The van der Waals surface area contributed by atoms with Crippen LogP contribution in [0.3, 0.4) is 0 Å². The second-order valence-electron chi connectivity index (χ2n) is 18.8. The van der Waals surface area contributed by atoms with Crippen LogP contribution in [-0.2, 0) is 28.6 Å². The van der Waals surface area contributed by atoms with Crippen LogP contribution in [0.5, 0.6) is 0 Å². The maximum absolute atomic E-state index is 12.8. The first-order valence-electron chi connectivity index (χ1n) is 28.6. The van der Waals surface area contributed by atoms with E-state index in [1.54, 1.807) is 0 Å². The molecular weight excluding hydrogens is 841 g/mol. The summed E-state index contributed by atoms with van der Waals surface area (Å²) < 4.78 is 16.8. The van der Waals surface area contributed by atoms with Crippen molar-refractivity contribution in [1.29, 1.82) is 0 Å². The van der Waals surface area contributed by atoms with Crippen LogP contribution in [0.15, 0.2) is 85.1 Å². The monoisotopic (exact) mass is 947 g/mol. The summed E-state index contributed by atoms with van der Waals surface area (Å²) in [7, 11) is 0. The van der Waals surface area contributed by atoms with Crippen molar-refractivity contribution in [2.24, 2.45) is 0 Å². The molecule has 390 valence electrons. The highest BCUT2D eigenvalue weighted by molar-refractivity contribution is 5.71. The summed E-state index contributed by atoms with van der Waals surface area (Å²) in [6.45, 7) is 6.44. The van der Waals surface area contributed by atoms with Gasteiger partial charge in [0.2, 0.25) is 0 Å². The molecular formula is C62H106O6. The van der Waals surface area contributed by atoms with E-state index in [1.165, 1.54) is 135 Å². The number of carbonyl (C=O) groups excluding carboxylic acids is 3. The van der Waals surface area contributed by atoms with Crippen LogP contribution in [0.4, 0.5) is 0 Å². The lowest BCUT2D eigenvalue weighted by Crippen LogP contribution is -2.30. The largest absolute Gasteiger partial charge is 0.462 e. The van der Waals surface area contributed by atoms with Crippen molar-refractivity contribution < 1.29 is 28.6 Å². The van der Waals surface area contributed by atoms with Crippen molar-refractivity contribution in [1.82, 2.24) is 0 Å². The molecule has 68 heavy (non-hydrogen) atoms. The second-order valence-corrected chi connectivity index (χ2v) is 18.8. The molecule has 6 nitrogen and oxygen atoms in total. The number of esters is 3. The molecule has 0 bridgehead atoms. The van der Waals surface area contributed by atoms with Gasteiger partial charge in [-0.15, -0.1) is 0 Å². The number of hydrogen-bond acceptors (Lipinski definition) is 6. The Morgan fingerprint density at radius 2 is 0.603 bits per heavy atom.